The van der Waals surface area contributed by atoms with Crippen molar-refractivity contribution in [3.8, 4) is 5.75 Å². The summed E-state index contributed by atoms with van der Waals surface area (Å²) < 4.78 is 10.3. The first-order valence-electron chi connectivity index (χ1n) is 5.42. The second-order valence-corrected chi connectivity index (χ2v) is 4.52. The Bertz CT molecular complexity index is 444. The average molecular weight is 256 g/mol. The lowest BCUT2D eigenvalue weighted by Gasteiger charge is -2.11. The van der Waals surface area contributed by atoms with Gasteiger partial charge in [0.2, 0.25) is 0 Å². The molecule has 0 aliphatic heterocycles. The fourth-order valence-corrected chi connectivity index (χ4v) is 1.61. The predicted octanol–water partition coefficient (Wildman–Crippen LogP) is 2.50. The highest BCUT2D eigenvalue weighted by Crippen LogP contribution is 2.33. The minimum atomic E-state index is -0.474. The van der Waals surface area contributed by atoms with Crippen molar-refractivity contribution in [2.75, 3.05) is 19.5 Å². The highest BCUT2D eigenvalue weighted by atomic mass is 35.5. The summed E-state index contributed by atoms with van der Waals surface area (Å²) in [4.78, 5) is 11.6. The molecule has 1 aliphatic rings. The summed E-state index contributed by atoms with van der Waals surface area (Å²) in [5, 5.41) is 0.323. The van der Waals surface area contributed by atoms with E-state index in [1.807, 2.05) is 0 Å². The Morgan fingerprint density at radius 3 is 2.82 bits per heavy atom. The molecule has 0 unspecified atom stereocenters. The average Bonchev–Trinajstić information content (AvgIpc) is 3.13. The number of halogens is 1. The van der Waals surface area contributed by atoms with Crippen LogP contribution >= 0.6 is 11.6 Å². The molecule has 0 atom stereocenters. The third-order valence-corrected chi connectivity index (χ3v) is 3.00. The van der Waals surface area contributed by atoms with Crippen molar-refractivity contribution in [2.24, 2.45) is 5.92 Å². The van der Waals surface area contributed by atoms with Crippen LogP contribution < -0.4 is 10.5 Å². The number of ether oxygens (including phenoxy) is 2. The first-order chi connectivity index (χ1) is 8.11. The van der Waals surface area contributed by atoms with E-state index in [9.17, 15) is 4.79 Å². The van der Waals surface area contributed by atoms with E-state index in [1.165, 1.54) is 26.0 Å². The number of benzene rings is 1. The van der Waals surface area contributed by atoms with Gasteiger partial charge in [-0.3, -0.25) is 0 Å². The van der Waals surface area contributed by atoms with Crippen molar-refractivity contribution in [2.45, 2.75) is 12.8 Å². The molecule has 0 heterocycles. The van der Waals surface area contributed by atoms with Crippen LogP contribution in [0.5, 0.6) is 5.75 Å². The van der Waals surface area contributed by atoms with Gasteiger partial charge in [0.25, 0.3) is 0 Å². The minimum Gasteiger partial charge on any atom is -0.492 e. The van der Waals surface area contributed by atoms with Crippen LogP contribution in [0.2, 0.25) is 5.02 Å². The molecule has 1 fully saturated rings. The van der Waals surface area contributed by atoms with Gasteiger partial charge in [-0.1, -0.05) is 11.6 Å². The molecule has 2 N–H and O–H groups in total. The summed E-state index contributed by atoms with van der Waals surface area (Å²) in [5.41, 5.74) is 6.40. The molecule has 1 aromatic rings. The molecule has 17 heavy (non-hydrogen) atoms. The van der Waals surface area contributed by atoms with Gasteiger partial charge in [0.05, 0.1) is 24.4 Å². The number of methoxy groups -OCH3 is 1. The van der Waals surface area contributed by atoms with Crippen molar-refractivity contribution in [3.05, 3.63) is 22.7 Å². The third-order valence-electron chi connectivity index (χ3n) is 2.68. The number of hydrogen-bond donors (Lipinski definition) is 1. The Labute approximate surface area is 105 Å². The highest BCUT2D eigenvalue weighted by Gasteiger charge is 2.23. The second kappa shape index (κ2) is 4.84. The largest absolute Gasteiger partial charge is 0.492 e. The van der Waals surface area contributed by atoms with Crippen molar-refractivity contribution in [1.82, 2.24) is 0 Å². The van der Waals surface area contributed by atoms with E-state index < -0.39 is 5.97 Å². The third kappa shape index (κ3) is 2.82. The van der Waals surface area contributed by atoms with E-state index in [0.29, 0.717) is 34.5 Å². The number of nitrogen functional groups attached to an aromatic ring is 1. The van der Waals surface area contributed by atoms with Crippen LogP contribution in [0.1, 0.15) is 23.2 Å². The first kappa shape index (κ1) is 12.0. The Balaban J connectivity index is 2.25. The van der Waals surface area contributed by atoms with Crippen LogP contribution in [-0.4, -0.2) is 19.7 Å². The summed E-state index contributed by atoms with van der Waals surface area (Å²) in [5.74, 6) is 0.556. The topological polar surface area (TPSA) is 61.5 Å². The number of hydrogen-bond acceptors (Lipinski definition) is 4. The SMILES string of the molecule is COC(=O)c1cc(Cl)c(N)cc1OCC1CC1. The number of nitrogens with two attached hydrogens (primary N) is 1. The van der Waals surface area contributed by atoms with Gasteiger partial charge in [0.15, 0.2) is 0 Å². The zero-order chi connectivity index (χ0) is 12.4. The van der Waals surface area contributed by atoms with Crippen LogP contribution in [0.25, 0.3) is 0 Å². The fourth-order valence-electron chi connectivity index (χ4n) is 1.45. The number of carbonyl (C=O) groups is 1. The Hall–Kier alpha value is -1.42. The van der Waals surface area contributed by atoms with Crippen LogP contribution in [0.3, 0.4) is 0 Å². The van der Waals surface area contributed by atoms with Gasteiger partial charge in [-0.25, -0.2) is 4.79 Å². The second-order valence-electron chi connectivity index (χ2n) is 4.12. The van der Waals surface area contributed by atoms with E-state index >= 15 is 0 Å². The molecule has 4 nitrogen and oxygen atoms in total. The summed E-state index contributed by atoms with van der Waals surface area (Å²) in [6.45, 7) is 0.602. The van der Waals surface area contributed by atoms with Gasteiger partial charge < -0.3 is 15.2 Å². The zero-order valence-corrected chi connectivity index (χ0v) is 10.3. The van der Waals surface area contributed by atoms with Gasteiger partial charge in [-0.15, -0.1) is 0 Å². The molecule has 0 bridgehead atoms. The number of carbonyl (C=O) groups excluding carboxylic acids is 1. The normalized spacial score (nSPS) is 14.5. The van der Waals surface area contributed by atoms with E-state index in [4.69, 9.17) is 22.1 Å². The number of anilines is 1. The first-order valence-corrected chi connectivity index (χ1v) is 5.79. The van der Waals surface area contributed by atoms with E-state index in [1.54, 1.807) is 6.07 Å². The van der Waals surface area contributed by atoms with Gasteiger partial charge >= 0.3 is 5.97 Å². The molecular weight excluding hydrogens is 242 g/mol. The van der Waals surface area contributed by atoms with Crippen LogP contribution in [0.4, 0.5) is 5.69 Å². The van der Waals surface area contributed by atoms with Crippen LogP contribution in [-0.2, 0) is 4.74 Å². The summed E-state index contributed by atoms with van der Waals surface area (Å²) >= 11 is 5.87. The summed E-state index contributed by atoms with van der Waals surface area (Å²) in [6.07, 6.45) is 2.35. The molecule has 0 radical (unpaired) electrons. The lowest BCUT2D eigenvalue weighted by atomic mass is 10.2. The van der Waals surface area contributed by atoms with Crippen LogP contribution in [0.15, 0.2) is 12.1 Å². The van der Waals surface area contributed by atoms with Gasteiger partial charge in [-0.2, -0.15) is 0 Å². The number of esters is 1. The fraction of sp³-hybridized carbons (Fsp3) is 0.417. The molecule has 2 rings (SSSR count). The van der Waals surface area contributed by atoms with Crippen molar-refractivity contribution in [1.29, 1.82) is 0 Å². The van der Waals surface area contributed by atoms with Gasteiger partial charge in [-0.05, 0) is 24.8 Å². The zero-order valence-electron chi connectivity index (χ0n) is 9.53. The monoisotopic (exact) mass is 255 g/mol. The molecule has 92 valence electrons. The Morgan fingerprint density at radius 1 is 1.53 bits per heavy atom. The molecule has 0 spiro atoms. The molecule has 0 saturated heterocycles. The maximum Gasteiger partial charge on any atom is 0.341 e. The molecule has 0 aromatic heterocycles. The molecule has 1 aliphatic carbocycles. The quantitative estimate of drug-likeness (QED) is 0.663. The minimum absolute atomic E-state index is 0.312. The van der Waals surface area contributed by atoms with Crippen LogP contribution in [0, 0.1) is 5.92 Å². The maximum atomic E-state index is 11.6. The van der Waals surface area contributed by atoms with Crippen molar-refractivity contribution in [3.63, 3.8) is 0 Å². The summed E-state index contributed by atoms with van der Waals surface area (Å²) in [7, 11) is 1.32. The summed E-state index contributed by atoms with van der Waals surface area (Å²) in [6, 6.07) is 3.04. The molecule has 0 amide bonds. The molecule has 1 saturated carbocycles. The van der Waals surface area contributed by atoms with Gasteiger partial charge in [0, 0.05) is 6.07 Å². The lowest BCUT2D eigenvalue weighted by molar-refractivity contribution is 0.0596. The van der Waals surface area contributed by atoms with Crippen molar-refractivity contribution >= 4 is 23.3 Å². The lowest BCUT2D eigenvalue weighted by Crippen LogP contribution is -2.08. The van der Waals surface area contributed by atoms with Crippen molar-refractivity contribution < 1.29 is 14.3 Å². The highest BCUT2D eigenvalue weighted by molar-refractivity contribution is 6.33. The van der Waals surface area contributed by atoms with Gasteiger partial charge in [0.1, 0.15) is 11.3 Å². The smallest absolute Gasteiger partial charge is 0.341 e. The van der Waals surface area contributed by atoms with E-state index in [-0.39, 0.29) is 0 Å². The maximum absolute atomic E-state index is 11.6. The molecular formula is C12H14ClNO3. The Kier molecular flexibility index (Phi) is 3.43. The Morgan fingerprint density at radius 2 is 2.24 bits per heavy atom. The standard InChI is InChI=1S/C12H14ClNO3/c1-16-12(15)8-4-9(13)10(14)5-11(8)17-6-7-2-3-7/h4-5,7H,2-3,6,14H2,1H3. The molecule has 1 aromatic carbocycles. The predicted molar refractivity (Wildman–Crippen MR) is 65.4 cm³/mol. The number of rotatable bonds is 4. The van der Waals surface area contributed by atoms with E-state index in [2.05, 4.69) is 4.74 Å². The molecule has 5 heteroatoms. The van der Waals surface area contributed by atoms with E-state index in [0.717, 1.165) is 0 Å².